The Balaban J connectivity index is 0.00000242. The summed E-state index contributed by atoms with van der Waals surface area (Å²) in [4.78, 5) is 12.4. The number of rotatable bonds is 4. The minimum atomic E-state index is -4.46. The topological polar surface area (TPSA) is 96.2 Å². The van der Waals surface area contributed by atoms with E-state index in [-0.39, 0.29) is 35.2 Å². The van der Waals surface area contributed by atoms with Crippen LogP contribution in [0.2, 0.25) is 0 Å². The Morgan fingerprint density at radius 3 is 2.45 bits per heavy atom. The number of aromatic nitrogens is 2. The van der Waals surface area contributed by atoms with Gasteiger partial charge in [-0.05, 0) is 35.0 Å². The number of nitrogens with zero attached hydrogens (tertiary/aromatic N) is 2. The third-order valence-electron chi connectivity index (χ3n) is 3.06. The zero-order valence-corrected chi connectivity index (χ0v) is 16.7. The van der Waals surface area contributed by atoms with Crippen molar-refractivity contribution in [3.63, 3.8) is 0 Å². The van der Waals surface area contributed by atoms with Gasteiger partial charge < -0.3 is 9.87 Å². The molecule has 0 amide bonds. The number of hydrogen-bond acceptors (Lipinski definition) is 5. The van der Waals surface area contributed by atoms with Crippen molar-refractivity contribution in [2.24, 2.45) is 7.05 Å². The Bertz CT molecular complexity index is 845. The summed E-state index contributed by atoms with van der Waals surface area (Å²) in [5.41, 5.74) is 0.809. The van der Waals surface area contributed by atoms with Crippen molar-refractivity contribution in [3.05, 3.63) is 44.8 Å². The Morgan fingerprint density at radius 1 is 1.32 bits per heavy atom. The van der Waals surface area contributed by atoms with Crippen LogP contribution >= 0.6 is 15.9 Å². The molecule has 2 aromatic rings. The van der Waals surface area contributed by atoms with Gasteiger partial charge >= 0.3 is 29.6 Å². The number of nitrogens with one attached hydrogen (secondary N) is 1. The maximum Gasteiger partial charge on any atom is 1.00 e. The van der Waals surface area contributed by atoms with Crippen LogP contribution in [0.15, 0.2) is 33.5 Å². The first-order valence-electron chi connectivity index (χ1n) is 5.93. The summed E-state index contributed by atoms with van der Waals surface area (Å²) in [7, 11) is -2.79. The first kappa shape index (κ1) is 19.5. The van der Waals surface area contributed by atoms with Crippen molar-refractivity contribution >= 4 is 31.7 Å². The van der Waals surface area contributed by atoms with Crippen LogP contribution in [0.1, 0.15) is 5.69 Å². The van der Waals surface area contributed by atoms with E-state index in [2.05, 4.69) is 21.2 Å². The molecule has 0 aliphatic carbocycles. The summed E-state index contributed by atoms with van der Waals surface area (Å²) in [6.45, 7) is 1.66. The molecule has 0 radical (unpaired) electrons. The van der Waals surface area contributed by atoms with Crippen LogP contribution in [-0.2, 0) is 17.2 Å². The molecule has 0 fully saturated rings. The Hall–Kier alpha value is -0.580. The molecule has 0 aliphatic heterocycles. The summed E-state index contributed by atoms with van der Waals surface area (Å²) in [6, 6.07) is 7.14. The van der Waals surface area contributed by atoms with Crippen LogP contribution in [-0.4, -0.2) is 28.2 Å². The maximum absolute atomic E-state index is 12.4. The van der Waals surface area contributed by atoms with Crippen molar-refractivity contribution in [2.45, 2.75) is 6.92 Å². The minimum Gasteiger partial charge on any atom is -0.747 e. The summed E-state index contributed by atoms with van der Waals surface area (Å²) in [6.07, 6.45) is 0. The second-order valence-electron chi connectivity index (χ2n) is 4.43. The molecule has 0 saturated carbocycles. The maximum atomic E-state index is 12.4. The molecule has 10 heteroatoms. The van der Waals surface area contributed by atoms with Crippen molar-refractivity contribution < 1.29 is 42.5 Å². The van der Waals surface area contributed by atoms with Crippen LogP contribution in [0.5, 0.6) is 0 Å². The predicted octanol–water partition coefficient (Wildman–Crippen LogP) is -1.83. The van der Waals surface area contributed by atoms with E-state index in [1.165, 1.54) is 4.68 Å². The summed E-state index contributed by atoms with van der Waals surface area (Å²) < 4.78 is 35.8. The second kappa shape index (κ2) is 7.33. The number of anilines is 1. The predicted molar refractivity (Wildman–Crippen MR) is 81.6 cm³/mol. The van der Waals surface area contributed by atoms with Gasteiger partial charge in [-0.1, -0.05) is 12.1 Å². The molecule has 0 unspecified atom stereocenters. The van der Waals surface area contributed by atoms with Crippen LogP contribution < -0.4 is 40.4 Å². The zero-order chi connectivity index (χ0) is 15.8. The molecule has 0 saturated heterocycles. The van der Waals surface area contributed by atoms with Gasteiger partial charge in [-0.15, -0.1) is 0 Å². The first-order valence-corrected chi connectivity index (χ1v) is 8.30. The van der Waals surface area contributed by atoms with Gasteiger partial charge in [-0.3, -0.25) is 9.48 Å². The molecule has 114 valence electrons. The van der Waals surface area contributed by atoms with E-state index in [1.807, 2.05) is 6.07 Å². The third kappa shape index (κ3) is 4.03. The Kier molecular flexibility index (Phi) is 6.48. The van der Waals surface area contributed by atoms with Crippen LogP contribution in [0, 0.1) is 6.92 Å². The zero-order valence-electron chi connectivity index (χ0n) is 12.3. The Labute approximate surface area is 158 Å². The SMILES string of the molecule is Cc1c(NCS(=O)(=O)[O-])c(=O)n(-c2ccccc2Br)n1C.[Na+]. The summed E-state index contributed by atoms with van der Waals surface area (Å²) in [5, 5.41) is 2.40. The molecule has 0 spiro atoms. The molecule has 7 nitrogen and oxygen atoms in total. The summed E-state index contributed by atoms with van der Waals surface area (Å²) in [5.74, 6) is -0.830. The minimum absolute atomic E-state index is 0. The van der Waals surface area contributed by atoms with E-state index in [9.17, 15) is 17.8 Å². The fraction of sp³-hybridized carbons (Fsp3) is 0.250. The number of benzene rings is 1. The largest absolute Gasteiger partial charge is 1.00 e. The number of hydrogen-bond donors (Lipinski definition) is 1. The standard InChI is InChI=1S/C12H14BrN3O4S.Na/c1-8-11(14-7-21(18,19)20)12(17)16(15(8)2)10-6-4-3-5-9(10)13;/h3-6,14H,7H2,1-2H3,(H,18,19,20);/q;+1/p-1. The van der Waals surface area contributed by atoms with Gasteiger partial charge in [0, 0.05) is 11.5 Å². The van der Waals surface area contributed by atoms with Crippen molar-refractivity contribution in [1.82, 2.24) is 9.36 Å². The van der Waals surface area contributed by atoms with Gasteiger partial charge in [0.1, 0.15) is 21.7 Å². The van der Waals surface area contributed by atoms with Gasteiger partial charge in [0.25, 0.3) is 5.56 Å². The molecular weight excluding hydrogens is 385 g/mol. The van der Waals surface area contributed by atoms with E-state index in [0.717, 1.165) is 4.47 Å². The molecule has 1 aromatic carbocycles. The average molecular weight is 398 g/mol. The smallest absolute Gasteiger partial charge is 0.747 e. The third-order valence-corrected chi connectivity index (χ3v) is 4.23. The van der Waals surface area contributed by atoms with E-state index >= 15 is 0 Å². The second-order valence-corrected chi connectivity index (χ2v) is 6.69. The molecule has 0 bridgehead atoms. The molecule has 1 heterocycles. The fourth-order valence-corrected chi connectivity index (χ4v) is 2.74. The van der Waals surface area contributed by atoms with E-state index < -0.39 is 21.6 Å². The fourth-order valence-electron chi connectivity index (χ4n) is 1.97. The van der Waals surface area contributed by atoms with E-state index in [0.29, 0.717) is 11.4 Å². The molecule has 22 heavy (non-hydrogen) atoms. The quantitative estimate of drug-likeness (QED) is 0.483. The van der Waals surface area contributed by atoms with Gasteiger partial charge in [-0.2, -0.15) is 0 Å². The van der Waals surface area contributed by atoms with Crippen LogP contribution in [0.4, 0.5) is 5.69 Å². The number of halogens is 1. The molecule has 0 aliphatic rings. The van der Waals surface area contributed by atoms with Crippen molar-refractivity contribution in [1.29, 1.82) is 0 Å². The Morgan fingerprint density at radius 2 is 1.91 bits per heavy atom. The molecular formula is C12H13BrN3NaO4S. The molecule has 1 N–H and O–H groups in total. The molecule has 2 rings (SSSR count). The van der Waals surface area contributed by atoms with Crippen molar-refractivity contribution in [3.8, 4) is 5.69 Å². The van der Waals surface area contributed by atoms with Gasteiger partial charge in [0.15, 0.2) is 0 Å². The van der Waals surface area contributed by atoms with Crippen LogP contribution in [0.25, 0.3) is 5.69 Å². The van der Waals surface area contributed by atoms with Gasteiger partial charge in [0.2, 0.25) is 0 Å². The van der Waals surface area contributed by atoms with Gasteiger partial charge in [-0.25, -0.2) is 13.1 Å². The monoisotopic (exact) mass is 397 g/mol. The van der Waals surface area contributed by atoms with Crippen molar-refractivity contribution in [2.75, 3.05) is 11.2 Å². The average Bonchev–Trinajstić information content (AvgIpc) is 2.59. The van der Waals surface area contributed by atoms with E-state index in [4.69, 9.17) is 0 Å². The summed E-state index contributed by atoms with van der Waals surface area (Å²) >= 11 is 3.37. The normalized spacial score (nSPS) is 11.1. The van der Waals surface area contributed by atoms with Gasteiger partial charge in [0.05, 0.1) is 11.4 Å². The van der Waals surface area contributed by atoms with Crippen LogP contribution in [0.3, 0.4) is 0 Å². The molecule has 0 atom stereocenters. The van der Waals surface area contributed by atoms with E-state index in [1.54, 1.807) is 36.9 Å². The molecule has 1 aromatic heterocycles. The first-order chi connectivity index (χ1) is 9.72. The number of para-hydroxylation sites is 1.